The number of rotatable bonds is 5. The molecule has 0 atom stereocenters. The van der Waals surface area contributed by atoms with Gasteiger partial charge in [-0.3, -0.25) is 9.59 Å². The second-order valence-electron chi connectivity index (χ2n) is 8.06. The van der Waals surface area contributed by atoms with E-state index in [0.717, 1.165) is 16.8 Å². The van der Waals surface area contributed by atoms with E-state index in [0.29, 0.717) is 27.5 Å². The Balaban J connectivity index is 1.84. The van der Waals surface area contributed by atoms with Crippen LogP contribution in [-0.2, 0) is 9.59 Å². The van der Waals surface area contributed by atoms with Gasteiger partial charge in [-0.15, -0.1) is 0 Å². The molecular weight excluding hydrogens is 422 g/mol. The normalized spacial score (nSPS) is 13.7. The Labute approximate surface area is 192 Å². The highest BCUT2D eigenvalue weighted by molar-refractivity contribution is 6.46. The predicted octanol–water partition coefficient (Wildman–Crippen LogP) is 5.42. The number of carbonyl (C=O) groups excluding carboxylic acids is 2. The Hall–Kier alpha value is -3.57. The van der Waals surface area contributed by atoms with Gasteiger partial charge in [0.2, 0.25) is 0 Å². The fraction of sp³-hybridized carbons (Fsp3) is 0.154. The molecular formula is C26H24ClN3O2. The molecule has 4 rings (SSSR count). The van der Waals surface area contributed by atoms with Crippen molar-refractivity contribution in [2.75, 3.05) is 29.2 Å². The Morgan fingerprint density at radius 1 is 0.875 bits per heavy atom. The molecule has 0 saturated heterocycles. The number of nitrogens with one attached hydrogen (secondary N) is 1. The molecule has 0 saturated carbocycles. The van der Waals surface area contributed by atoms with Crippen LogP contribution in [0.15, 0.2) is 72.4 Å². The van der Waals surface area contributed by atoms with Crippen LogP contribution in [0.4, 0.5) is 17.1 Å². The van der Waals surface area contributed by atoms with Crippen LogP contribution in [0.2, 0.25) is 5.02 Å². The molecule has 3 aromatic carbocycles. The van der Waals surface area contributed by atoms with Gasteiger partial charge >= 0.3 is 0 Å². The summed E-state index contributed by atoms with van der Waals surface area (Å²) in [6, 6.07) is 20.4. The molecule has 0 radical (unpaired) electrons. The zero-order valence-corrected chi connectivity index (χ0v) is 19.2. The van der Waals surface area contributed by atoms with Crippen LogP contribution in [0.5, 0.6) is 0 Å². The zero-order chi connectivity index (χ0) is 23.0. The van der Waals surface area contributed by atoms with Crippen LogP contribution in [0, 0.1) is 13.8 Å². The first-order chi connectivity index (χ1) is 15.3. The quantitative estimate of drug-likeness (QED) is 0.533. The Kier molecular flexibility index (Phi) is 5.76. The summed E-state index contributed by atoms with van der Waals surface area (Å²) >= 11 is 6.19. The molecule has 1 heterocycles. The van der Waals surface area contributed by atoms with Gasteiger partial charge in [0.05, 0.1) is 11.3 Å². The summed E-state index contributed by atoms with van der Waals surface area (Å²) < 4.78 is 0. The van der Waals surface area contributed by atoms with Crippen molar-refractivity contribution in [3.05, 3.63) is 94.1 Å². The van der Waals surface area contributed by atoms with Crippen molar-refractivity contribution >= 4 is 46.1 Å². The third-order valence-corrected chi connectivity index (χ3v) is 5.72. The lowest BCUT2D eigenvalue weighted by Crippen LogP contribution is -2.32. The minimum Gasteiger partial charge on any atom is -0.378 e. The van der Waals surface area contributed by atoms with Crippen LogP contribution in [0.1, 0.15) is 16.7 Å². The van der Waals surface area contributed by atoms with E-state index in [2.05, 4.69) is 5.32 Å². The summed E-state index contributed by atoms with van der Waals surface area (Å²) in [5, 5.41) is 3.75. The molecule has 162 valence electrons. The molecule has 3 aromatic rings. The maximum Gasteiger partial charge on any atom is 0.282 e. The number of benzene rings is 3. The molecule has 0 aliphatic carbocycles. The van der Waals surface area contributed by atoms with Crippen molar-refractivity contribution in [2.24, 2.45) is 0 Å². The van der Waals surface area contributed by atoms with E-state index >= 15 is 0 Å². The Morgan fingerprint density at radius 2 is 1.59 bits per heavy atom. The Morgan fingerprint density at radius 3 is 2.28 bits per heavy atom. The molecule has 0 fully saturated rings. The van der Waals surface area contributed by atoms with E-state index in [1.807, 2.05) is 81.4 Å². The summed E-state index contributed by atoms with van der Waals surface area (Å²) in [7, 11) is 3.83. The number of hydrogen-bond acceptors (Lipinski definition) is 4. The summed E-state index contributed by atoms with van der Waals surface area (Å²) in [6.07, 6.45) is 0. The van der Waals surface area contributed by atoms with E-state index in [4.69, 9.17) is 11.6 Å². The molecule has 32 heavy (non-hydrogen) atoms. The second kappa shape index (κ2) is 8.52. The summed E-state index contributed by atoms with van der Waals surface area (Å²) in [6.45, 7) is 3.90. The molecule has 1 aliphatic rings. The standard InChI is InChI=1S/C26H24ClN3O2/c1-16-8-11-18(12-9-16)23-24(28-22-14-19(27)13-10-17(22)2)26(32)30(25(23)31)21-7-5-6-20(15-21)29(3)4/h5-15,28H,1-4H3. The van der Waals surface area contributed by atoms with E-state index in [9.17, 15) is 9.59 Å². The summed E-state index contributed by atoms with van der Waals surface area (Å²) in [4.78, 5) is 30.3. The molecule has 0 unspecified atom stereocenters. The zero-order valence-electron chi connectivity index (χ0n) is 18.4. The first-order valence-corrected chi connectivity index (χ1v) is 10.6. The van der Waals surface area contributed by atoms with Crippen molar-refractivity contribution in [3.63, 3.8) is 0 Å². The molecule has 6 heteroatoms. The molecule has 0 bridgehead atoms. The number of imide groups is 1. The van der Waals surface area contributed by atoms with Gasteiger partial charge in [0.15, 0.2) is 0 Å². The average Bonchev–Trinajstić information content (AvgIpc) is 3.01. The van der Waals surface area contributed by atoms with Crippen LogP contribution in [0.25, 0.3) is 5.57 Å². The highest BCUT2D eigenvalue weighted by atomic mass is 35.5. The first kappa shape index (κ1) is 21.7. The third kappa shape index (κ3) is 3.99. The van der Waals surface area contributed by atoms with E-state index < -0.39 is 5.91 Å². The lowest BCUT2D eigenvalue weighted by molar-refractivity contribution is -0.120. The van der Waals surface area contributed by atoms with Crippen molar-refractivity contribution in [2.45, 2.75) is 13.8 Å². The van der Waals surface area contributed by atoms with E-state index in [1.54, 1.807) is 18.2 Å². The molecule has 2 amide bonds. The fourth-order valence-electron chi connectivity index (χ4n) is 3.64. The predicted molar refractivity (Wildman–Crippen MR) is 131 cm³/mol. The lowest BCUT2D eigenvalue weighted by atomic mass is 10.0. The topological polar surface area (TPSA) is 52.7 Å². The first-order valence-electron chi connectivity index (χ1n) is 10.3. The largest absolute Gasteiger partial charge is 0.378 e. The number of nitrogens with zero attached hydrogens (tertiary/aromatic N) is 2. The van der Waals surface area contributed by atoms with E-state index in [1.165, 1.54) is 4.90 Å². The van der Waals surface area contributed by atoms with Crippen molar-refractivity contribution in [3.8, 4) is 0 Å². The van der Waals surface area contributed by atoms with Gasteiger partial charge in [0.1, 0.15) is 5.70 Å². The SMILES string of the molecule is Cc1ccc(C2=C(Nc3cc(Cl)ccc3C)C(=O)N(c3cccc(N(C)C)c3)C2=O)cc1. The van der Waals surface area contributed by atoms with Gasteiger partial charge < -0.3 is 10.2 Å². The molecule has 0 aromatic heterocycles. The van der Waals surface area contributed by atoms with Crippen LogP contribution in [0.3, 0.4) is 0 Å². The van der Waals surface area contributed by atoms with Gasteiger partial charge in [-0.05, 0) is 55.3 Å². The van der Waals surface area contributed by atoms with Crippen molar-refractivity contribution in [1.29, 1.82) is 0 Å². The number of anilines is 3. The highest BCUT2D eigenvalue weighted by Gasteiger charge is 2.40. The molecule has 1 N–H and O–H groups in total. The van der Waals surface area contributed by atoms with Crippen LogP contribution in [-0.4, -0.2) is 25.9 Å². The number of amides is 2. The van der Waals surface area contributed by atoms with Crippen LogP contribution >= 0.6 is 11.6 Å². The fourth-order valence-corrected chi connectivity index (χ4v) is 3.81. The monoisotopic (exact) mass is 445 g/mol. The van der Waals surface area contributed by atoms with Gasteiger partial charge in [-0.25, -0.2) is 4.90 Å². The van der Waals surface area contributed by atoms with Gasteiger partial charge in [0, 0.05) is 30.5 Å². The lowest BCUT2D eigenvalue weighted by Gasteiger charge is -2.19. The number of aryl methyl sites for hydroxylation is 2. The van der Waals surface area contributed by atoms with Crippen molar-refractivity contribution in [1.82, 2.24) is 0 Å². The number of carbonyl (C=O) groups is 2. The maximum absolute atomic E-state index is 13.6. The van der Waals surface area contributed by atoms with Gasteiger partial charge in [-0.1, -0.05) is 53.6 Å². The van der Waals surface area contributed by atoms with E-state index in [-0.39, 0.29) is 11.6 Å². The minimum absolute atomic E-state index is 0.236. The van der Waals surface area contributed by atoms with Gasteiger partial charge in [-0.2, -0.15) is 0 Å². The van der Waals surface area contributed by atoms with Gasteiger partial charge in [0.25, 0.3) is 11.8 Å². The third-order valence-electron chi connectivity index (χ3n) is 5.49. The second-order valence-corrected chi connectivity index (χ2v) is 8.50. The number of halogens is 1. The molecule has 5 nitrogen and oxygen atoms in total. The number of hydrogen-bond donors (Lipinski definition) is 1. The molecule has 1 aliphatic heterocycles. The minimum atomic E-state index is -0.402. The Bertz CT molecular complexity index is 1250. The van der Waals surface area contributed by atoms with Crippen molar-refractivity contribution < 1.29 is 9.59 Å². The average molecular weight is 446 g/mol. The highest BCUT2D eigenvalue weighted by Crippen LogP contribution is 2.35. The summed E-state index contributed by atoms with van der Waals surface area (Å²) in [5.74, 6) is -0.766. The smallest absolute Gasteiger partial charge is 0.282 e. The van der Waals surface area contributed by atoms with Crippen LogP contribution < -0.4 is 15.1 Å². The summed E-state index contributed by atoms with van der Waals surface area (Å²) in [5.41, 5.74) is 5.34. The molecule has 0 spiro atoms. The maximum atomic E-state index is 13.6.